The molecule has 0 bridgehead atoms. The third-order valence-electron chi connectivity index (χ3n) is 3.26. The number of thiophene rings is 1. The molecule has 0 saturated heterocycles. The second-order valence-corrected chi connectivity index (χ2v) is 10.2. The van der Waals surface area contributed by atoms with Crippen LogP contribution >= 0.6 is 11.3 Å². The van der Waals surface area contributed by atoms with E-state index >= 15 is 0 Å². The molecule has 0 saturated carbocycles. The normalized spacial score (nSPS) is 21.5. The molecule has 24 heavy (non-hydrogen) atoms. The zero-order chi connectivity index (χ0) is 18.7. The molecule has 2 heterocycles. The van der Waals surface area contributed by atoms with Crippen molar-refractivity contribution in [3.8, 4) is 5.75 Å². The van der Waals surface area contributed by atoms with E-state index in [1.165, 1.54) is 0 Å². The third-order valence-corrected chi connectivity index (χ3v) is 8.27. The van der Waals surface area contributed by atoms with Gasteiger partial charge in [0.05, 0.1) is 5.75 Å². The van der Waals surface area contributed by atoms with Gasteiger partial charge in [-0.15, -0.1) is 11.3 Å². The first-order chi connectivity index (χ1) is 10.6. The Morgan fingerprint density at radius 3 is 2.21 bits per heavy atom. The standard InChI is InChI=1S/C9H14N2O10S3/c10-24(20,21)7-5(12)4-3(11-8(13,14)9(15,16)17)1-2-23(18,19)6(4)22-7/h3,11-17H,1-2H2,(H2,10,20,21). The molecule has 15 heteroatoms. The summed E-state index contributed by atoms with van der Waals surface area (Å²) in [4.78, 5) is 0. The van der Waals surface area contributed by atoms with Crippen LogP contribution in [0.1, 0.15) is 18.0 Å². The molecule has 0 amide bonds. The van der Waals surface area contributed by atoms with E-state index in [2.05, 4.69) is 0 Å². The number of rotatable bonds is 4. The fourth-order valence-corrected chi connectivity index (χ4v) is 6.41. The number of sulfone groups is 1. The molecule has 0 spiro atoms. The minimum absolute atomic E-state index is 0.171. The predicted molar refractivity (Wildman–Crippen MR) is 76.5 cm³/mol. The highest BCUT2D eigenvalue weighted by molar-refractivity contribution is 7.95. The van der Waals surface area contributed by atoms with Crippen molar-refractivity contribution in [2.45, 2.75) is 32.8 Å². The molecule has 0 fully saturated rings. The number of primary sulfonamides is 1. The maximum absolute atomic E-state index is 12.0. The number of hydrogen-bond acceptors (Lipinski definition) is 12. The molecule has 1 unspecified atom stereocenters. The maximum atomic E-state index is 12.0. The van der Waals surface area contributed by atoms with Crippen molar-refractivity contribution in [1.29, 1.82) is 0 Å². The average molecular weight is 406 g/mol. The molecular formula is C9H14N2O10S3. The lowest BCUT2D eigenvalue weighted by Crippen LogP contribution is -2.64. The Morgan fingerprint density at radius 2 is 1.75 bits per heavy atom. The number of aromatic hydroxyl groups is 1. The Labute approximate surface area is 139 Å². The highest BCUT2D eigenvalue weighted by Crippen LogP contribution is 2.47. The van der Waals surface area contributed by atoms with Crippen molar-refractivity contribution < 1.29 is 47.5 Å². The van der Waals surface area contributed by atoms with Crippen LogP contribution in [0.25, 0.3) is 0 Å². The van der Waals surface area contributed by atoms with Crippen LogP contribution in [0.4, 0.5) is 0 Å². The summed E-state index contributed by atoms with van der Waals surface area (Å²) in [6.07, 6.45) is -0.400. The molecule has 1 aromatic heterocycles. The predicted octanol–water partition coefficient (Wildman–Crippen LogP) is -3.82. The Bertz CT molecular complexity index is 864. The van der Waals surface area contributed by atoms with Crippen LogP contribution in [-0.2, 0) is 19.9 Å². The van der Waals surface area contributed by atoms with Gasteiger partial charge < -0.3 is 30.6 Å². The third kappa shape index (κ3) is 3.27. The van der Waals surface area contributed by atoms with Crippen LogP contribution in [-0.4, -0.2) is 65.1 Å². The molecule has 0 radical (unpaired) electrons. The summed E-state index contributed by atoms with van der Waals surface area (Å²) in [6.45, 7) is 0. The fraction of sp³-hybridized carbons (Fsp3) is 0.556. The molecule has 1 aromatic rings. The van der Waals surface area contributed by atoms with Gasteiger partial charge in [0.2, 0.25) is 0 Å². The topological polar surface area (TPSA) is 228 Å². The summed E-state index contributed by atoms with van der Waals surface area (Å²) in [5.41, 5.74) is -0.535. The van der Waals surface area contributed by atoms with Crippen molar-refractivity contribution >= 4 is 31.2 Å². The first kappa shape index (κ1) is 19.4. The average Bonchev–Trinajstić information content (AvgIpc) is 2.71. The summed E-state index contributed by atoms with van der Waals surface area (Å²) >= 11 is 0.171. The van der Waals surface area contributed by atoms with Gasteiger partial charge in [0.15, 0.2) is 19.8 Å². The van der Waals surface area contributed by atoms with Gasteiger partial charge in [-0.25, -0.2) is 22.0 Å². The SMILES string of the molecule is NS(=O)(=O)c1sc2c(c1O)C(NC(O)(O)C(O)(O)O)CCS2(=O)=O. The Morgan fingerprint density at radius 1 is 1.21 bits per heavy atom. The molecule has 1 atom stereocenters. The molecular weight excluding hydrogens is 392 g/mol. The van der Waals surface area contributed by atoms with E-state index in [9.17, 15) is 32.2 Å². The smallest absolute Gasteiger partial charge is 0.348 e. The Balaban J connectivity index is 2.61. The highest BCUT2D eigenvalue weighted by atomic mass is 32.3. The minimum Gasteiger partial charge on any atom is -0.505 e. The van der Waals surface area contributed by atoms with Crippen LogP contribution in [0.3, 0.4) is 0 Å². The van der Waals surface area contributed by atoms with Crippen molar-refractivity contribution in [3.05, 3.63) is 5.56 Å². The largest absolute Gasteiger partial charge is 0.505 e. The molecule has 9 N–H and O–H groups in total. The quantitative estimate of drug-likeness (QED) is 0.226. The Kier molecular flexibility index (Phi) is 4.51. The van der Waals surface area contributed by atoms with Crippen LogP contribution in [0.2, 0.25) is 0 Å². The molecule has 12 nitrogen and oxygen atoms in total. The van der Waals surface area contributed by atoms with Gasteiger partial charge in [0.1, 0.15) is 4.21 Å². The van der Waals surface area contributed by atoms with Crippen molar-refractivity contribution in [3.63, 3.8) is 0 Å². The first-order valence-electron chi connectivity index (χ1n) is 6.08. The molecule has 0 aromatic carbocycles. The zero-order valence-corrected chi connectivity index (χ0v) is 14.1. The van der Waals surface area contributed by atoms with Gasteiger partial charge >= 0.3 is 11.9 Å². The first-order valence-corrected chi connectivity index (χ1v) is 10.1. The lowest BCUT2D eigenvalue weighted by molar-refractivity contribution is -0.457. The van der Waals surface area contributed by atoms with Crippen LogP contribution in [0.15, 0.2) is 8.42 Å². The molecule has 138 valence electrons. The van der Waals surface area contributed by atoms with Gasteiger partial charge in [-0.1, -0.05) is 0 Å². The van der Waals surface area contributed by atoms with E-state index in [1.807, 2.05) is 0 Å². The number of sulfonamides is 1. The van der Waals surface area contributed by atoms with E-state index in [0.717, 1.165) is 0 Å². The number of nitrogens with one attached hydrogen (secondary N) is 1. The fourth-order valence-electron chi connectivity index (χ4n) is 2.12. The van der Waals surface area contributed by atoms with Crippen molar-refractivity contribution in [1.82, 2.24) is 5.32 Å². The molecule has 2 rings (SSSR count). The second-order valence-electron chi connectivity index (χ2n) is 5.10. The Hall–Kier alpha value is -0.880. The lowest BCUT2D eigenvalue weighted by atomic mass is 10.1. The van der Waals surface area contributed by atoms with E-state index in [-0.39, 0.29) is 11.3 Å². The monoisotopic (exact) mass is 406 g/mol. The van der Waals surface area contributed by atoms with E-state index in [4.69, 9.17) is 20.5 Å². The summed E-state index contributed by atoms with van der Waals surface area (Å²) in [5.74, 6) is -9.34. The van der Waals surface area contributed by atoms with Gasteiger partial charge in [-0.3, -0.25) is 5.32 Å². The molecule has 1 aliphatic heterocycles. The van der Waals surface area contributed by atoms with Crippen LogP contribution in [0.5, 0.6) is 5.75 Å². The molecule has 0 aliphatic carbocycles. The van der Waals surface area contributed by atoms with Gasteiger partial charge in [0, 0.05) is 11.6 Å². The number of hydrogen-bond donors (Lipinski definition) is 8. The maximum Gasteiger partial charge on any atom is 0.348 e. The van der Waals surface area contributed by atoms with Crippen LogP contribution < -0.4 is 10.5 Å². The number of aliphatic hydroxyl groups is 5. The van der Waals surface area contributed by atoms with E-state index in [0.29, 0.717) is 0 Å². The van der Waals surface area contributed by atoms with Crippen LogP contribution in [0, 0.1) is 0 Å². The molecule has 1 aliphatic rings. The van der Waals surface area contributed by atoms with Gasteiger partial charge in [-0.05, 0) is 6.42 Å². The number of nitrogens with two attached hydrogens (primary N) is 1. The minimum atomic E-state index is -4.47. The summed E-state index contributed by atoms with van der Waals surface area (Å²) in [5, 5.41) is 62.2. The van der Waals surface area contributed by atoms with Crippen molar-refractivity contribution in [2.24, 2.45) is 5.14 Å². The van der Waals surface area contributed by atoms with E-state index in [1.54, 1.807) is 5.32 Å². The zero-order valence-electron chi connectivity index (χ0n) is 11.6. The summed E-state index contributed by atoms with van der Waals surface area (Å²) in [6, 6.07) is -1.45. The number of fused-ring (bicyclic) bond motifs is 1. The second kappa shape index (κ2) is 5.56. The van der Waals surface area contributed by atoms with Gasteiger partial charge in [-0.2, -0.15) is 0 Å². The van der Waals surface area contributed by atoms with Gasteiger partial charge in [0.25, 0.3) is 10.0 Å². The summed E-state index contributed by atoms with van der Waals surface area (Å²) < 4.78 is 45.5. The highest BCUT2D eigenvalue weighted by Gasteiger charge is 2.50. The van der Waals surface area contributed by atoms with E-state index < -0.39 is 69.7 Å². The summed E-state index contributed by atoms with van der Waals surface area (Å²) in [7, 11) is -8.45. The van der Waals surface area contributed by atoms with Crippen molar-refractivity contribution in [2.75, 3.05) is 5.75 Å². The lowest BCUT2D eigenvalue weighted by Gasteiger charge is -2.35.